The van der Waals surface area contributed by atoms with Gasteiger partial charge in [-0.1, -0.05) is 18.2 Å². The number of esters is 1. The number of hydrogen-bond donors (Lipinski definition) is 1. The molecule has 1 aliphatic heterocycles. The molecule has 96 valence electrons. The minimum atomic E-state index is -0.805. The van der Waals surface area contributed by atoms with Gasteiger partial charge in [-0.15, -0.1) is 0 Å². The molecule has 0 aromatic heterocycles. The van der Waals surface area contributed by atoms with E-state index in [0.717, 1.165) is 5.69 Å². The van der Waals surface area contributed by atoms with Crippen LogP contribution in [-0.4, -0.2) is 30.1 Å². The Labute approximate surface area is 110 Å². The molecule has 1 atom stereocenters. The summed E-state index contributed by atoms with van der Waals surface area (Å²) in [7, 11) is 0. The summed E-state index contributed by atoms with van der Waals surface area (Å²) in [6.45, 7) is -0.358. The number of benzene rings is 1. The van der Waals surface area contributed by atoms with Crippen LogP contribution in [0.25, 0.3) is 0 Å². The van der Waals surface area contributed by atoms with Crippen molar-refractivity contribution < 1.29 is 14.6 Å². The fourth-order valence-corrected chi connectivity index (χ4v) is 1.59. The van der Waals surface area contributed by atoms with Crippen LogP contribution in [0, 0.1) is 12.0 Å². The Morgan fingerprint density at radius 2 is 2.21 bits per heavy atom. The SMILES string of the molecule is O=C(OC#CCO)C1N=CC=CN1c1ccccc1. The van der Waals surface area contributed by atoms with E-state index in [9.17, 15) is 4.79 Å². The molecule has 1 N–H and O–H groups in total. The molecule has 5 heteroatoms. The lowest BCUT2D eigenvalue weighted by atomic mass is 10.2. The maximum atomic E-state index is 11.9. The molecule has 2 rings (SSSR count). The van der Waals surface area contributed by atoms with Crippen molar-refractivity contribution in [3.05, 3.63) is 42.6 Å². The topological polar surface area (TPSA) is 62.1 Å². The highest BCUT2D eigenvalue weighted by atomic mass is 16.5. The van der Waals surface area contributed by atoms with E-state index in [1.54, 1.807) is 17.2 Å². The second-order valence-electron chi connectivity index (χ2n) is 3.61. The molecule has 1 aromatic carbocycles. The van der Waals surface area contributed by atoms with Crippen LogP contribution in [-0.2, 0) is 9.53 Å². The molecule has 1 heterocycles. The van der Waals surface area contributed by atoms with Crippen molar-refractivity contribution in [3.8, 4) is 12.0 Å². The monoisotopic (exact) mass is 256 g/mol. The number of nitrogens with zero attached hydrogens (tertiary/aromatic N) is 2. The molecule has 1 aliphatic rings. The second kappa shape index (κ2) is 6.38. The predicted molar refractivity (Wildman–Crippen MR) is 71.3 cm³/mol. The normalized spacial score (nSPS) is 16.7. The molecule has 0 amide bonds. The maximum Gasteiger partial charge on any atom is 0.365 e. The number of aliphatic hydroxyl groups excluding tert-OH is 1. The van der Waals surface area contributed by atoms with Gasteiger partial charge in [-0.25, -0.2) is 4.79 Å². The van der Waals surface area contributed by atoms with Gasteiger partial charge in [0.25, 0.3) is 0 Å². The van der Waals surface area contributed by atoms with Crippen LogP contribution < -0.4 is 4.90 Å². The fourth-order valence-electron chi connectivity index (χ4n) is 1.59. The van der Waals surface area contributed by atoms with E-state index in [2.05, 4.69) is 17.0 Å². The maximum absolute atomic E-state index is 11.9. The number of ether oxygens (including phenoxy) is 1. The van der Waals surface area contributed by atoms with E-state index in [1.165, 1.54) is 6.21 Å². The van der Waals surface area contributed by atoms with Crippen molar-refractivity contribution in [2.75, 3.05) is 11.5 Å². The molecule has 0 radical (unpaired) electrons. The first-order chi connectivity index (χ1) is 9.33. The van der Waals surface area contributed by atoms with Gasteiger partial charge in [0, 0.05) is 18.1 Å². The highest BCUT2D eigenvalue weighted by molar-refractivity contribution is 5.87. The average Bonchev–Trinajstić information content (AvgIpc) is 2.48. The molecule has 0 saturated carbocycles. The zero-order valence-electron chi connectivity index (χ0n) is 10.1. The molecule has 5 nitrogen and oxygen atoms in total. The molecular weight excluding hydrogens is 244 g/mol. The molecule has 0 bridgehead atoms. The molecule has 1 aromatic rings. The summed E-state index contributed by atoms with van der Waals surface area (Å²) in [4.78, 5) is 17.6. The molecule has 1 unspecified atom stereocenters. The summed E-state index contributed by atoms with van der Waals surface area (Å²) >= 11 is 0. The van der Waals surface area contributed by atoms with Crippen LogP contribution in [0.15, 0.2) is 47.6 Å². The number of hydrogen-bond acceptors (Lipinski definition) is 5. The highest BCUT2D eigenvalue weighted by Gasteiger charge is 2.26. The molecule has 0 fully saturated rings. The largest absolute Gasteiger partial charge is 0.384 e. The first-order valence-corrected chi connectivity index (χ1v) is 5.65. The number of aliphatic hydroxyl groups is 1. The van der Waals surface area contributed by atoms with Crippen LogP contribution in [0.3, 0.4) is 0 Å². The van der Waals surface area contributed by atoms with Gasteiger partial charge in [0.2, 0.25) is 6.17 Å². The van der Waals surface area contributed by atoms with Crippen molar-refractivity contribution in [1.82, 2.24) is 0 Å². The fraction of sp³-hybridized carbons (Fsp3) is 0.143. The number of carbonyl (C=O) groups excluding carboxylic acids is 1. The third-order valence-electron chi connectivity index (χ3n) is 2.39. The lowest BCUT2D eigenvalue weighted by molar-refractivity contribution is -0.138. The second-order valence-corrected chi connectivity index (χ2v) is 3.61. The number of anilines is 1. The number of para-hydroxylation sites is 1. The minimum absolute atomic E-state index is 0.358. The van der Waals surface area contributed by atoms with Crippen LogP contribution in [0.1, 0.15) is 0 Å². The Kier molecular flexibility index (Phi) is 4.32. The van der Waals surface area contributed by atoms with E-state index < -0.39 is 12.1 Å². The Balaban J connectivity index is 2.16. The van der Waals surface area contributed by atoms with Gasteiger partial charge in [-0.05, 0) is 24.1 Å². The highest BCUT2D eigenvalue weighted by Crippen LogP contribution is 2.20. The summed E-state index contributed by atoms with van der Waals surface area (Å²) in [5.41, 5.74) is 0.827. The summed E-state index contributed by atoms with van der Waals surface area (Å²) in [6.07, 6.45) is 6.33. The molecule has 19 heavy (non-hydrogen) atoms. The van der Waals surface area contributed by atoms with Gasteiger partial charge < -0.3 is 14.7 Å². The van der Waals surface area contributed by atoms with Crippen molar-refractivity contribution >= 4 is 17.9 Å². The van der Waals surface area contributed by atoms with E-state index >= 15 is 0 Å². The number of rotatable bonds is 2. The van der Waals surface area contributed by atoms with Crippen LogP contribution >= 0.6 is 0 Å². The van der Waals surface area contributed by atoms with Gasteiger partial charge in [0.05, 0.1) is 0 Å². The number of carbonyl (C=O) groups is 1. The quantitative estimate of drug-likeness (QED) is 0.631. The summed E-state index contributed by atoms with van der Waals surface area (Å²) < 4.78 is 4.72. The third-order valence-corrected chi connectivity index (χ3v) is 2.39. The van der Waals surface area contributed by atoms with E-state index in [4.69, 9.17) is 9.84 Å². The first-order valence-electron chi connectivity index (χ1n) is 5.65. The molecule has 0 saturated heterocycles. The first kappa shape index (κ1) is 12.9. The van der Waals surface area contributed by atoms with Crippen molar-refractivity contribution in [3.63, 3.8) is 0 Å². The van der Waals surface area contributed by atoms with Crippen LogP contribution in [0.4, 0.5) is 5.69 Å². The zero-order valence-corrected chi connectivity index (χ0v) is 10.1. The Morgan fingerprint density at radius 1 is 1.42 bits per heavy atom. The third kappa shape index (κ3) is 3.21. The van der Waals surface area contributed by atoms with Gasteiger partial charge in [0.1, 0.15) is 12.7 Å². The summed E-state index contributed by atoms with van der Waals surface area (Å²) in [6, 6.07) is 9.36. The van der Waals surface area contributed by atoms with Crippen molar-refractivity contribution in [1.29, 1.82) is 0 Å². The lowest BCUT2D eigenvalue weighted by Gasteiger charge is -2.26. The molecular formula is C14H12N2O3. The van der Waals surface area contributed by atoms with E-state index in [-0.39, 0.29) is 6.61 Å². The average molecular weight is 256 g/mol. The number of aliphatic imine (C=N–C) groups is 1. The van der Waals surface area contributed by atoms with E-state index in [0.29, 0.717) is 0 Å². The smallest absolute Gasteiger partial charge is 0.365 e. The summed E-state index contributed by atoms with van der Waals surface area (Å²) in [5.74, 6) is 1.65. The van der Waals surface area contributed by atoms with Gasteiger partial charge >= 0.3 is 5.97 Å². The predicted octanol–water partition coefficient (Wildman–Crippen LogP) is 0.914. The lowest BCUT2D eigenvalue weighted by Crippen LogP contribution is -2.38. The standard InChI is InChI=1S/C14H12N2O3/c17-10-5-11-19-14(18)13-15-8-4-9-16(13)12-6-2-1-3-7-12/h1-4,6-9,13,17H,10H2. The van der Waals surface area contributed by atoms with Gasteiger partial charge in [-0.2, -0.15) is 0 Å². The van der Waals surface area contributed by atoms with Gasteiger partial charge in [0.15, 0.2) is 0 Å². The minimum Gasteiger partial charge on any atom is -0.384 e. The Morgan fingerprint density at radius 3 is 2.95 bits per heavy atom. The van der Waals surface area contributed by atoms with E-state index in [1.807, 2.05) is 30.3 Å². The Bertz CT molecular complexity index is 555. The van der Waals surface area contributed by atoms with Crippen molar-refractivity contribution in [2.45, 2.75) is 6.17 Å². The molecule has 0 spiro atoms. The van der Waals surface area contributed by atoms with Crippen LogP contribution in [0.5, 0.6) is 0 Å². The van der Waals surface area contributed by atoms with Gasteiger partial charge in [-0.3, -0.25) is 4.99 Å². The Hall–Kier alpha value is -2.58. The van der Waals surface area contributed by atoms with Crippen LogP contribution in [0.2, 0.25) is 0 Å². The zero-order chi connectivity index (χ0) is 13.5. The molecule has 0 aliphatic carbocycles. The van der Waals surface area contributed by atoms with Crippen molar-refractivity contribution in [2.24, 2.45) is 4.99 Å². The summed E-state index contributed by atoms with van der Waals surface area (Å²) in [5, 5.41) is 8.50. The number of allylic oxidation sites excluding steroid dienone is 1.